The number of anilines is 1. The van der Waals surface area contributed by atoms with Crippen molar-refractivity contribution in [1.82, 2.24) is 9.97 Å². The quantitative estimate of drug-likeness (QED) is 0.212. The Morgan fingerprint density at radius 1 is 1.00 bits per heavy atom. The van der Waals surface area contributed by atoms with E-state index in [9.17, 15) is 22.8 Å². The number of carboxylic acid groups (broad SMARTS) is 1. The van der Waals surface area contributed by atoms with Gasteiger partial charge in [-0.05, 0) is 36.8 Å². The first-order valence-corrected chi connectivity index (χ1v) is 13.6. The maximum absolute atomic E-state index is 13.1. The number of aromatic nitrogens is 2. The van der Waals surface area contributed by atoms with Crippen LogP contribution >= 0.6 is 0 Å². The Morgan fingerprint density at radius 2 is 1.74 bits per heavy atom. The van der Waals surface area contributed by atoms with Gasteiger partial charge in [0.1, 0.15) is 18.9 Å². The molecule has 0 amide bonds. The van der Waals surface area contributed by atoms with Gasteiger partial charge < -0.3 is 29.0 Å². The van der Waals surface area contributed by atoms with Gasteiger partial charge in [-0.15, -0.1) is 0 Å². The van der Waals surface area contributed by atoms with E-state index in [0.717, 1.165) is 28.9 Å². The van der Waals surface area contributed by atoms with Crippen LogP contribution in [0.2, 0.25) is 0 Å². The fourth-order valence-electron chi connectivity index (χ4n) is 4.43. The maximum atomic E-state index is 13.1. The molecule has 3 heterocycles. The Hall–Kier alpha value is -4.07. The highest BCUT2D eigenvalue weighted by molar-refractivity contribution is 5.97. The number of nitrogens with zero attached hydrogens (tertiary/aromatic N) is 3. The van der Waals surface area contributed by atoms with E-state index in [-0.39, 0.29) is 45.0 Å². The van der Waals surface area contributed by atoms with E-state index < -0.39 is 23.5 Å². The lowest BCUT2D eigenvalue weighted by Crippen LogP contribution is -2.36. The predicted molar refractivity (Wildman–Crippen MR) is 149 cm³/mol. The lowest BCUT2D eigenvalue weighted by molar-refractivity contribution is -0.142. The molecule has 0 aliphatic carbocycles. The number of carbonyl (C=O) groups excluding carboxylic acids is 1. The summed E-state index contributed by atoms with van der Waals surface area (Å²) >= 11 is 0. The number of aryl methyl sites for hydroxylation is 1. The van der Waals surface area contributed by atoms with Gasteiger partial charge in [-0.2, -0.15) is 13.2 Å². The van der Waals surface area contributed by atoms with Crippen LogP contribution in [0.5, 0.6) is 5.88 Å². The van der Waals surface area contributed by atoms with E-state index in [0.29, 0.717) is 43.4 Å². The van der Waals surface area contributed by atoms with Crippen LogP contribution in [-0.2, 0) is 31.6 Å². The zero-order valence-electron chi connectivity index (χ0n) is 23.6. The number of hydrogen-bond donors (Lipinski definition) is 1. The summed E-state index contributed by atoms with van der Waals surface area (Å²) < 4.78 is 61.2. The van der Waals surface area contributed by atoms with Gasteiger partial charge in [-0.1, -0.05) is 12.1 Å². The number of benzene rings is 1. The Kier molecular flexibility index (Phi) is 11.0. The standard InChI is InChI=1S/C30H32F3N3O7/c1-20-25(13-21(17-34-20)14-27(37)22-3-2-4-24(15-22)30(31,32)33)23-16-26(36-5-7-40-8-6-36)29(35-18-23)43-12-11-41-9-10-42-19-28(38)39/h2-4,13,15-18H,5-12,14,19H2,1H3,(H,38,39). The van der Waals surface area contributed by atoms with Crippen molar-refractivity contribution in [3.8, 4) is 17.0 Å². The summed E-state index contributed by atoms with van der Waals surface area (Å²) in [4.78, 5) is 34.5. The number of morpholine rings is 1. The Balaban J connectivity index is 1.48. The first-order valence-electron chi connectivity index (χ1n) is 13.6. The second-order valence-electron chi connectivity index (χ2n) is 9.71. The van der Waals surface area contributed by atoms with Gasteiger partial charge in [0, 0.05) is 54.3 Å². The second-order valence-corrected chi connectivity index (χ2v) is 9.71. The van der Waals surface area contributed by atoms with Crippen LogP contribution < -0.4 is 9.64 Å². The van der Waals surface area contributed by atoms with Crippen molar-refractivity contribution in [2.24, 2.45) is 0 Å². The van der Waals surface area contributed by atoms with Crippen molar-refractivity contribution in [1.29, 1.82) is 0 Å². The fraction of sp³-hybridized carbons (Fsp3) is 0.400. The molecule has 0 saturated carbocycles. The Morgan fingerprint density at radius 3 is 2.49 bits per heavy atom. The first kappa shape index (κ1) is 31.9. The molecule has 0 radical (unpaired) electrons. The number of ketones is 1. The molecule has 2 aromatic heterocycles. The van der Waals surface area contributed by atoms with Crippen LogP contribution in [0.25, 0.3) is 11.1 Å². The molecule has 13 heteroatoms. The van der Waals surface area contributed by atoms with Crippen LogP contribution in [0.3, 0.4) is 0 Å². The highest BCUT2D eigenvalue weighted by atomic mass is 19.4. The van der Waals surface area contributed by atoms with Gasteiger partial charge in [0.25, 0.3) is 0 Å². The maximum Gasteiger partial charge on any atom is 0.416 e. The summed E-state index contributed by atoms with van der Waals surface area (Å²) in [5.74, 6) is -1.10. The molecule has 1 aliphatic rings. The van der Waals surface area contributed by atoms with Crippen LogP contribution in [0, 0.1) is 6.92 Å². The molecule has 3 aromatic rings. The molecular formula is C30H32F3N3O7. The Bertz CT molecular complexity index is 1410. The zero-order valence-corrected chi connectivity index (χ0v) is 23.6. The number of aliphatic carboxylic acids is 1. The minimum atomic E-state index is -4.54. The number of hydrogen-bond acceptors (Lipinski definition) is 9. The molecule has 43 heavy (non-hydrogen) atoms. The van der Waals surface area contributed by atoms with E-state index in [1.54, 1.807) is 18.5 Å². The number of alkyl halides is 3. The normalized spacial score (nSPS) is 13.6. The highest BCUT2D eigenvalue weighted by Gasteiger charge is 2.31. The number of Topliss-reactive ketones (excluding diaryl/α,β-unsaturated/α-hetero) is 1. The van der Waals surface area contributed by atoms with Gasteiger partial charge in [-0.3, -0.25) is 9.78 Å². The van der Waals surface area contributed by atoms with Crippen molar-refractivity contribution >= 4 is 17.4 Å². The number of halogens is 3. The first-order chi connectivity index (χ1) is 20.6. The minimum absolute atomic E-state index is 0.0218. The molecule has 0 unspecified atom stereocenters. The van der Waals surface area contributed by atoms with E-state index in [1.807, 2.05) is 13.0 Å². The van der Waals surface area contributed by atoms with E-state index in [2.05, 4.69) is 14.9 Å². The summed E-state index contributed by atoms with van der Waals surface area (Å²) in [6.45, 7) is 4.59. The molecule has 0 spiro atoms. The van der Waals surface area contributed by atoms with Gasteiger partial charge in [0.05, 0.1) is 38.6 Å². The number of pyridine rings is 2. The van der Waals surface area contributed by atoms with E-state index in [1.165, 1.54) is 12.1 Å². The van der Waals surface area contributed by atoms with Gasteiger partial charge in [0.15, 0.2) is 5.78 Å². The summed E-state index contributed by atoms with van der Waals surface area (Å²) in [5.41, 5.74) is 2.56. The van der Waals surface area contributed by atoms with Crippen molar-refractivity contribution in [3.05, 3.63) is 71.2 Å². The van der Waals surface area contributed by atoms with Crippen LogP contribution in [0.1, 0.15) is 27.2 Å². The molecule has 0 atom stereocenters. The molecule has 1 fully saturated rings. The van der Waals surface area contributed by atoms with Gasteiger partial charge in [0.2, 0.25) is 5.88 Å². The molecule has 1 aliphatic heterocycles. The van der Waals surface area contributed by atoms with E-state index in [4.69, 9.17) is 24.1 Å². The van der Waals surface area contributed by atoms with Gasteiger partial charge in [-0.25, -0.2) is 9.78 Å². The van der Waals surface area contributed by atoms with Crippen molar-refractivity contribution < 1.29 is 46.8 Å². The van der Waals surface area contributed by atoms with Gasteiger partial charge >= 0.3 is 12.1 Å². The molecule has 1 saturated heterocycles. The topological polar surface area (TPSA) is 120 Å². The summed E-state index contributed by atoms with van der Waals surface area (Å²) in [6.07, 6.45) is -1.47. The SMILES string of the molecule is Cc1ncc(CC(=O)c2cccc(C(F)(F)F)c2)cc1-c1cnc(OCCOCCOCC(=O)O)c(N2CCOCC2)c1. The number of carboxylic acids is 1. The average molecular weight is 604 g/mol. The van der Waals surface area contributed by atoms with E-state index >= 15 is 0 Å². The molecule has 0 bridgehead atoms. The molecule has 1 aromatic carbocycles. The number of carbonyl (C=O) groups is 2. The van der Waals surface area contributed by atoms with Crippen molar-refractivity contribution in [2.45, 2.75) is 19.5 Å². The molecular weight excluding hydrogens is 571 g/mol. The van der Waals surface area contributed by atoms with Crippen LogP contribution in [0.4, 0.5) is 18.9 Å². The van der Waals surface area contributed by atoms with Crippen molar-refractivity contribution in [2.75, 3.05) is 64.2 Å². The highest BCUT2D eigenvalue weighted by Crippen LogP contribution is 2.34. The monoisotopic (exact) mass is 603 g/mol. The summed E-state index contributed by atoms with van der Waals surface area (Å²) in [7, 11) is 0. The fourth-order valence-corrected chi connectivity index (χ4v) is 4.43. The second kappa shape index (κ2) is 14.9. The zero-order chi connectivity index (χ0) is 30.8. The summed E-state index contributed by atoms with van der Waals surface area (Å²) in [6, 6.07) is 8.11. The Labute approximate surface area is 246 Å². The third kappa shape index (κ3) is 9.21. The number of rotatable bonds is 14. The lowest BCUT2D eigenvalue weighted by Gasteiger charge is -2.30. The largest absolute Gasteiger partial charge is 0.480 e. The third-order valence-electron chi connectivity index (χ3n) is 6.58. The lowest BCUT2D eigenvalue weighted by atomic mass is 9.98. The average Bonchev–Trinajstić information content (AvgIpc) is 2.99. The molecule has 1 N–H and O–H groups in total. The van der Waals surface area contributed by atoms with Crippen LogP contribution in [-0.4, -0.2) is 86.2 Å². The van der Waals surface area contributed by atoms with Crippen molar-refractivity contribution in [3.63, 3.8) is 0 Å². The summed E-state index contributed by atoms with van der Waals surface area (Å²) in [5, 5.41) is 8.59. The third-order valence-corrected chi connectivity index (χ3v) is 6.58. The van der Waals surface area contributed by atoms with Crippen LogP contribution in [0.15, 0.2) is 48.8 Å². The smallest absolute Gasteiger partial charge is 0.416 e. The predicted octanol–water partition coefficient (Wildman–Crippen LogP) is 4.23. The minimum Gasteiger partial charge on any atom is -0.480 e. The molecule has 10 nitrogen and oxygen atoms in total. The molecule has 230 valence electrons. The number of ether oxygens (including phenoxy) is 4. The molecule has 4 rings (SSSR count).